The predicted molar refractivity (Wildman–Crippen MR) is 186 cm³/mol. The lowest BCUT2D eigenvalue weighted by Crippen LogP contribution is -2.69. The number of aromatic nitrogens is 1. The van der Waals surface area contributed by atoms with E-state index in [1.54, 1.807) is 35.4 Å². The maximum atomic E-state index is 14.4. The Balaban J connectivity index is 1.34. The van der Waals surface area contributed by atoms with E-state index in [2.05, 4.69) is 39.4 Å². The monoisotopic (exact) mass is 655 g/mol. The summed E-state index contributed by atoms with van der Waals surface area (Å²) in [5, 5.41) is 18.8. The van der Waals surface area contributed by atoms with Gasteiger partial charge in [-0.15, -0.1) is 6.58 Å². The zero-order chi connectivity index (χ0) is 34.4. The molecule has 2 heterocycles. The van der Waals surface area contributed by atoms with Gasteiger partial charge < -0.3 is 31.7 Å². The molecule has 3 atom stereocenters. The molecule has 248 valence electrons. The fourth-order valence-electron chi connectivity index (χ4n) is 6.09. The smallest absolute Gasteiger partial charge is 0.316 e. The molecule has 0 spiro atoms. The molecule has 4 aromatic rings. The Bertz CT molecular complexity index is 1900. The summed E-state index contributed by atoms with van der Waals surface area (Å²) in [6.07, 6.45) is 3.66. The van der Waals surface area contributed by atoms with Crippen LogP contribution in [0, 0.1) is 11.8 Å². The first-order valence-corrected chi connectivity index (χ1v) is 15.9. The minimum atomic E-state index is -1.20. The first-order valence-electron chi connectivity index (χ1n) is 15.9. The van der Waals surface area contributed by atoms with Crippen molar-refractivity contribution in [2.75, 3.05) is 18.8 Å². The number of piperazine rings is 1. The Morgan fingerprint density at radius 2 is 1.80 bits per heavy atom. The van der Waals surface area contributed by atoms with E-state index in [-0.39, 0.29) is 37.2 Å². The number of pyridine rings is 1. The molecule has 2 aliphatic rings. The second-order valence-electron chi connectivity index (χ2n) is 12.0. The minimum absolute atomic E-state index is 0.0815. The average Bonchev–Trinajstić information content (AvgIpc) is 3.83. The second-order valence-corrected chi connectivity index (χ2v) is 12.0. The van der Waals surface area contributed by atoms with Crippen LogP contribution in [0.4, 0.5) is 10.6 Å². The van der Waals surface area contributed by atoms with Gasteiger partial charge in [0.1, 0.15) is 17.2 Å². The van der Waals surface area contributed by atoms with Gasteiger partial charge in [0.2, 0.25) is 5.91 Å². The van der Waals surface area contributed by atoms with Crippen molar-refractivity contribution in [2.24, 2.45) is 0 Å². The molecule has 0 bridgehead atoms. The molecule has 6 N–H and O–H groups in total. The van der Waals surface area contributed by atoms with E-state index < -0.39 is 23.8 Å². The van der Waals surface area contributed by atoms with E-state index in [1.807, 2.05) is 60.7 Å². The van der Waals surface area contributed by atoms with Crippen molar-refractivity contribution in [3.8, 4) is 28.7 Å². The molecule has 1 saturated carbocycles. The average molecular weight is 656 g/mol. The summed E-state index contributed by atoms with van der Waals surface area (Å²) in [6.45, 7) is 4.50. The molecule has 1 aromatic heterocycles. The van der Waals surface area contributed by atoms with Crippen LogP contribution in [0.5, 0.6) is 5.75 Å². The van der Waals surface area contributed by atoms with E-state index in [9.17, 15) is 19.5 Å². The van der Waals surface area contributed by atoms with Gasteiger partial charge in [0.25, 0.3) is 5.91 Å². The molecular formula is C38H37N7O4. The number of aromatic hydroxyl groups is 1. The van der Waals surface area contributed by atoms with Crippen molar-refractivity contribution in [1.29, 1.82) is 0 Å². The summed E-state index contributed by atoms with van der Waals surface area (Å²) in [5.41, 5.74) is 8.70. The van der Waals surface area contributed by atoms with Crippen LogP contribution in [0.25, 0.3) is 11.1 Å². The Morgan fingerprint density at radius 3 is 2.53 bits per heavy atom. The number of nitrogens with zero attached hydrogens (tertiary/aromatic N) is 3. The third-order valence-electron chi connectivity index (χ3n) is 8.56. The second kappa shape index (κ2) is 14.3. The summed E-state index contributed by atoms with van der Waals surface area (Å²) in [5.74, 6) is 5.82. The molecule has 0 radical (unpaired) electrons. The van der Waals surface area contributed by atoms with Gasteiger partial charge in [0, 0.05) is 43.4 Å². The number of phenols is 1. The zero-order valence-electron chi connectivity index (χ0n) is 26.8. The van der Waals surface area contributed by atoms with Crippen LogP contribution in [0.1, 0.15) is 23.1 Å². The third-order valence-corrected chi connectivity index (χ3v) is 8.56. The number of carbonyl (C=O) groups is 3. The number of rotatable bonds is 10. The van der Waals surface area contributed by atoms with Gasteiger partial charge in [-0.2, -0.15) is 0 Å². The van der Waals surface area contributed by atoms with Gasteiger partial charge in [-0.3, -0.25) is 14.5 Å². The molecule has 1 aliphatic carbocycles. The van der Waals surface area contributed by atoms with Crippen molar-refractivity contribution in [3.63, 3.8) is 0 Å². The molecule has 1 aliphatic heterocycles. The molecular weight excluding hydrogens is 618 g/mol. The highest BCUT2D eigenvalue weighted by Gasteiger charge is 2.70. The largest absolute Gasteiger partial charge is 0.508 e. The number of carbonyl (C=O) groups excluding carboxylic acids is 3. The van der Waals surface area contributed by atoms with Crippen molar-refractivity contribution >= 4 is 23.7 Å². The van der Waals surface area contributed by atoms with Crippen LogP contribution in [0.2, 0.25) is 0 Å². The van der Waals surface area contributed by atoms with Crippen LogP contribution >= 0.6 is 0 Å². The maximum Gasteiger partial charge on any atom is 0.316 e. The number of fused-ring (bicyclic) bond motifs is 1. The predicted octanol–water partition coefficient (Wildman–Crippen LogP) is 3.37. The number of amides is 4. The Kier molecular flexibility index (Phi) is 9.60. The van der Waals surface area contributed by atoms with Gasteiger partial charge in [0.15, 0.2) is 6.04 Å². The Labute approximate surface area is 284 Å². The first-order chi connectivity index (χ1) is 23.8. The van der Waals surface area contributed by atoms with Crippen LogP contribution in [-0.4, -0.2) is 68.6 Å². The Morgan fingerprint density at radius 1 is 1.02 bits per heavy atom. The lowest BCUT2D eigenvalue weighted by Gasteiger charge is -2.44. The fourth-order valence-corrected chi connectivity index (χ4v) is 6.09. The van der Waals surface area contributed by atoms with E-state index in [4.69, 9.17) is 5.73 Å². The van der Waals surface area contributed by atoms with E-state index in [1.165, 1.54) is 17.0 Å². The van der Waals surface area contributed by atoms with Crippen LogP contribution < -0.4 is 21.7 Å². The number of nitrogens with one attached hydrogen (secondary N) is 3. The molecule has 6 rings (SSSR count). The number of hydrogen-bond acceptors (Lipinski definition) is 7. The number of nitrogen functional groups attached to an aromatic ring is 1. The lowest BCUT2D eigenvalue weighted by atomic mass is 10.0. The number of hydrogen-bond donors (Lipinski definition) is 5. The summed E-state index contributed by atoms with van der Waals surface area (Å²) in [7, 11) is 0. The quantitative estimate of drug-likeness (QED) is 0.0998. The van der Waals surface area contributed by atoms with Crippen molar-refractivity contribution in [2.45, 2.75) is 37.3 Å². The van der Waals surface area contributed by atoms with Crippen molar-refractivity contribution < 1.29 is 19.5 Å². The molecule has 49 heavy (non-hydrogen) atoms. The normalized spacial score (nSPS) is 19.2. The van der Waals surface area contributed by atoms with Crippen LogP contribution in [-0.2, 0) is 22.7 Å². The van der Waals surface area contributed by atoms with Gasteiger partial charge in [-0.1, -0.05) is 66.4 Å². The van der Waals surface area contributed by atoms with Gasteiger partial charge in [-0.25, -0.2) is 9.78 Å². The van der Waals surface area contributed by atoms with Gasteiger partial charge in [-0.05, 0) is 59.2 Å². The first kappa shape index (κ1) is 32.8. The fraction of sp³-hybridized carbons (Fsp3) is 0.211. The number of nitrogens with two attached hydrogens (primary N) is 1. The maximum absolute atomic E-state index is 14.4. The molecule has 3 aromatic carbocycles. The Hall–Kier alpha value is -6.12. The zero-order valence-corrected chi connectivity index (χ0v) is 26.8. The number of urea groups is 1. The summed E-state index contributed by atoms with van der Waals surface area (Å²) < 4.78 is 0. The molecule has 2 fully saturated rings. The number of benzene rings is 3. The number of phenolic OH excluding ortho intramolecular Hbond substituents is 1. The topological polar surface area (TPSA) is 153 Å². The highest BCUT2D eigenvalue weighted by molar-refractivity contribution is 5.95. The third kappa shape index (κ3) is 7.40. The van der Waals surface area contributed by atoms with Crippen LogP contribution in [0.3, 0.4) is 0 Å². The lowest BCUT2D eigenvalue weighted by molar-refractivity contribution is -0.154. The van der Waals surface area contributed by atoms with E-state index in [0.717, 1.165) is 22.3 Å². The molecule has 1 saturated heterocycles. The summed E-state index contributed by atoms with van der Waals surface area (Å²) >= 11 is 0. The van der Waals surface area contributed by atoms with Gasteiger partial charge >= 0.3 is 6.03 Å². The van der Waals surface area contributed by atoms with Crippen LogP contribution in [0.15, 0.2) is 110 Å². The summed E-state index contributed by atoms with van der Waals surface area (Å²) in [4.78, 5) is 49.2. The minimum Gasteiger partial charge on any atom is -0.508 e. The number of anilines is 1. The highest BCUT2D eigenvalue weighted by atomic mass is 16.3. The molecule has 11 heteroatoms. The SMILES string of the molecule is C=CCNCC(=O)N1C(C#Cc2ccc(O)cc2)C(=O)N(Cc2cccc(-c3ccc(N)nc3)c2)[C@@H]2C[C@@]21NC(=O)NCc1ccccc1. The van der Waals surface area contributed by atoms with Gasteiger partial charge in [0.05, 0.1) is 12.6 Å². The van der Waals surface area contributed by atoms with Crippen molar-refractivity contribution in [3.05, 3.63) is 127 Å². The van der Waals surface area contributed by atoms with Crippen molar-refractivity contribution in [1.82, 2.24) is 30.7 Å². The van der Waals surface area contributed by atoms with E-state index in [0.29, 0.717) is 24.3 Å². The molecule has 1 unspecified atom stereocenters. The highest BCUT2D eigenvalue weighted by Crippen LogP contribution is 2.49. The summed E-state index contributed by atoms with van der Waals surface area (Å²) in [6, 6.07) is 25.0. The van der Waals surface area contributed by atoms with E-state index >= 15 is 0 Å². The standard InChI is InChI=1S/C38H37N7O4/c1-2-19-40-24-35(47)45-32(17-13-26-11-15-31(46)16-12-26)36(48)44(25-28-9-6-10-29(20-28)30-14-18-34(39)41-23-30)33-21-38(33,45)43-37(49)42-22-27-7-4-3-5-8-27/h2-12,14-16,18,20,23,32-33,40,46H,1,19,21-22,24-25H2,(H2,39,41)(H2,42,43,49)/t32?,33-,38+/m1/s1. The molecule has 4 amide bonds. The molecule has 11 nitrogen and oxygen atoms in total.